The SMILES string of the molecule is C=C(C)C(=O)OCCCCOP(=O)(CCCCCC)OCCCCOC(=O)C(=C)C. The lowest BCUT2D eigenvalue weighted by Crippen LogP contribution is -2.08. The van der Waals surface area contributed by atoms with Gasteiger partial charge in [-0.05, 0) is 46.0 Å². The van der Waals surface area contributed by atoms with Crippen LogP contribution in [-0.4, -0.2) is 44.5 Å². The summed E-state index contributed by atoms with van der Waals surface area (Å²) in [5, 5.41) is 0. The van der Waals surface area contributed by atoms with E-state index in [0.717, 1.165) is 25.7 Å². The molecule has 0 bridgehead atoms. The number of ether oxygens (including phenoxy) is 2. The molecule has 0 rings (SSSR count). The van der Waals surface area contributed by atoms with E-state index in [1.165, 1.54) is 0 Å². The maximum atomic E-state index is 13.0. The molecule has 0 heterocycles. The molecule has 0 aliphatic carbocycles. The van der Waals surface area contributed by atoms with Crippen LogP contribution < -0.4 is 0 Å². The molecule has 0 aromatic heterocycles. The number of esters is 2. The smallest absolute Gasteiger partial charge is 0.333 e. The van der Waals surface area contributed by atoms with Crippen molar-refractivity contribution < 1.29 is 32.7 Å². The molecule has 174 valence electrons. The van der Waals surface area contributed by atoms with E-state index >= 15 is 0 Å². The summed E-state index contributed by atoms with van der Waals surface area (Å²) in [7, 11) is -3.17. The van der Waals surface area contributed by atoms with Crippen molar-refractivity contribution in [2.75, 3.05) is 32.6 Å². The van der Waals surface area contributed by atoms with Gasteiger partial charge in [-0.15, -0.1) is 0 Å². The summed E-state index contributed by atoms with van der Waals surface area (Å²) in [6.07, 6.45) is 6.80. The molecule has 0 fully saturated rings. The van der Waals surface area contributed by atoms with Crippen molar-refractivity contribution in [2.24, 2.45) is 0 Å². The normalized spacial score (nSPS) is 11.2. The second-order valence-electron chi connectivity index (χ2n) is 7.31. The van der Waals surface area contributed by atoms with Crippen LogP contribution in [0, 0.1) is 0 Å². The lowest BCUT2D eigenvalue weighted by molar-refractivity contribution is -0.139. The van der Waals surface area contributed by atoms with Gasteiger partial charge in [0.05, 0.1) is 32.6 Å². The highest BCUT2D eigenvalue weighted by molar-refractivity contribution is 7.53. The predicted molar refractivity (Wildman–Crippen MR) is 119 cm³/mol. The zero-order valence-corrected chi connectivity index (χ0v) is 19.8. The van der Waals surface area contributed by atoms with Crippen molar-refractivity contribution in [3.8, 4) is 0 Å². The van der Waals surface area contributed by atoms with Crippen molar-refractivity contribution in [1.82, 2.24) is 0 Å². The maximum absolute atomic E-state index is 13.0. The Morgan fingerprint density at radius 3 is 1.53 bits per heavy atom. The Kier molecular flexibility index (Phi) is 16.4. The Hall–Kier alpha value is -1.43. The fourth-order valence-electron chi connectivity index (χ4n) is 2.29. The first-order valence-electron chi connectivity index (χ1n) is 10.7. The van der Waals surface area contributed by atoms with E-state index in [1.54, 1.807) is 13.8 Å². The van der Waals surface area contributed by atoms with Crippen LogP contribution in [-0.2, 0) is 32.7 Å². The van der Waals surface area contributed by atoms with E-state index < -0.39 is 19.5 Å². The second kappa shape index (κ2) is 17.3. The summed E-state index contributed by atoms with van der Waals surface area (Å²) in [6, 6.07) is 0. The molecule has 0 atom stereocenters. The zero-order valence-electron chi connectivity index (χ0n) is 18.9. The molecule has 8 heteroatoms. The Labute approximate surface area is 181 Å². The zero-order chi connectivity index (χ0) is 22.8. The third-order valence-corrected chi connectivity index (χ3v) is 6.12. The van der Waals surface area contributed by atoms with Crippen molar-refractivity contribution >= 4 is 19.5 Å². The van der Waals surface area contributed by atoms with Gasteiger partial charge in [0.1, 0.15) is 0 Å². The van der Waals surface area contributed by atoms with E-state index in [-0.39, 0.29) is 26.4 Å². The number of hydrogen-bond donors (Lipinski definition) is 0. The van der Waals surface area contributed by atoms with Crippen LogP contribution in [0.5, 0.6) is 0 Å². The molecule has 0 saturated carbocycles. The van der Waals surface area contributed by atoms with Crippen LogP contribution in [0.2, 0.25) is 0 Å². The van der Waals surface area contributed by atoms with Crippen LogP contribution >= 0.6 is 7.60 Å². The maximum Gasteiger partial charge on any atom is 0.333 e. The molecular weight excluding hydrogens is 407 g/mol. The molecule has 0 unspecified atom stereocenters. The first-order valence-corrected chi connectivity index (χ1v) is 12.5. The standard InChI is InChI=1S/C22H39O7P/c1-6-7-8-13-18-30(25,28-16-11-9-14-26-21(23)19(2)3)29-17-12-10-15-27-22(24)20(4)5/h2,4,6-18H2,1,3,5H3. The molecule has 7 nitrogen and oxygen atoms in total. The average molecular weight is 447 g/mol. The van der Waals surface area contributed by atoms with Gasteiger partial charge in [-0.1, -0.05) is 39.3 Å². The summed E-state index contributed by atoms with van der Waals surface area (Å²) >= 11 is 0. The molecule has 0 aromatic carbocycles. The van der Waals surface area contributed by atoms with Gasteiger partial charge < -0.3 is 18.5 Å². The van der Waals surface area contributed by atoms with Gasteiger partial charge in [-0.3, -0.25) is 4.57 Å². The summed E-state index contributed by atoms with van der Waals surface area (Å²) in [5.74, 6) is -0.815. The van der Waals surface area contributed by atoms with Gasteiger partial charge in [-0.25, -0.2) is 9.59 Å². The van der Waals surface area contributed by atoms with Crippen LogP contribution in [0.25, 0.3) is 0 Å². The van der Waals surface area contributed by atoms with E-state index in [0.29, 0.717) is 43.0 Å². The second-order valence-corrected chi connectivity index (χ2v) is 9.49. The lowest BCUT2D eigenvalue weighted by atomic mass is 10.2. The largest absolute Gasteiger partial charge is 0.462 e. The van der Waals surface area contributed by atoms with Gasteiger partial charge in [-0.2, -0.15) is 0 Å². The van der Waals surface area contributed by atoms with Crippen LogP contribution in [0.4, 0.5) is 0 Å². The quantitative estimate of drug-likeness (QED) is 0.111. The number of carbonyl (C=O) groups excluding carboxylic acids is 2. The molecule has 0 N–H and O–H groups in total. The molecule has 0 saturated heterocycles. The van der Waals surface area contributed by atoms with Crippen molar-refractivity contribution in [3.63, 3.8) is 0 Å². The van der Waals surface area contributed by atoms with Crippen LogP contribution in [0.3, 0.4) is 0 Å². The molecule has 0 amide bonds. The Morgan fingerprint density at radius 1 is 0.700 bits per heavy atom. The Balaban J connectivity index is 4.20. The summed E-state index contributed by atoms with van der Waals surface area (Å²) in [5.41, 5.74) is 0.733. The van der Waals surface area contributed by atoms with Crippen LogP contribution in [0.15, 0.2) is 24.3 Å². The molecule has 0 aromatic rings. The number of rotatable bonds is 19. The number of hydrogen-bond acceptors (Lipinski definition) is 7. The minimum atomic E-state index is -3.17. The van der Waals surface area contributed by atoms with Gasteiger partial charge in [0.2, 0.25) is 0 Å². The predicted octanol–water partition coefficient (Wildman–Crippen LogP) is 5.59. The monoisotopic (exact) mass is 446 g/mol. The molecule has 0 aliphatic heterocycles. The molecule has 0 radical (unpaired) electrons. The first kappa shape index (κ1) is 28.6. The first-order chi connectivity index (χ1) is 14.2. The number of unbranched alkanes of at least 4 members (excludes halogenated alkanes) is 5. The minimum Gasteiger partial charge on any atom is -0.462 e. The van der Waals surface area contributed by atoms with Gasteiger partial charge >= 0.3 is 19.5 Å². The average Bonchev–Trinajstić information content (AvgIpc) is 2.70. The van der Waals surface area contributed by atoms with E-state index in [2.05, 4.69) is 20.1 Å². The fraction of sp³-hybridized carbons (Fsp3) is 0.727. The van der Waals surface area contributed by atoms with Gasteiger partial charge in [0.25, 0.3) is 0 Å². The number of carbonyl (C=O) groups is 2. The van der Waals surface area contributed by atoms with E-state index in [1.807, 2.05) is 0 Å². The summed E-state index contributed by atoms with van der Waals surface area (Å²) in [6.45, 7) is 13.5. The Morgan fingerprint density at radius 2 is 1.13 bits per heavy atom. The molecule has 30 heavy (non-hydrogen) atoms. The van der Waals surface area contributed by atoms with Gasteiger partial charge in [0.15, 0.2) is 0 Å². The van der Waals surface area contributed by atoms with Crippen molar-refractivity contribution in [1.29, 1.82) is 0 Å². The van der Waals surface area contributed by atoms with E-state index in [9.17, 15) is 14.2 Å². The third kappa shape index (κ3) is 15.4. The highest BCUT2D eigenvalue weighted by Crippen LogP contribution is 2.49. The van der Waals surface area contributed by atoms with Crippen molar-refractivity contribution in [3.05, 3.63) is 24.3 Å². The minimum absolute atomic E-state index is 0.277. The topological polar surface area (TPSA) is 88.1 Å². The highest BCUT2D eigenvalue weighted by Gasteiger charge is 2.23. The third-order valence-electron chi connectivity index (χ3n) is 4.10. The highest BCUT2D eigenvalue weighted by atomic mass is 31.2. The van der Waals surface area contributed by atoms with Gasteiger partial charge in [0, 0.05) is 11.1 Å². The van der Waals surface area contributed by atoms with Crippen molar-refractivity contribution in [2.45, 2.75) is 72.1 Å². The van der Waals surface area contributed by atoms with E-state index in [4.69, 9.17) is 18.5 Å². The Bertz CT molecular complexity index is 544. The summed E-state index contributed by atoms with van der Waals surface area (Å²) < 4.78 is 34.3. The fourth-order valence-corrected chi connectivity index (χ4v) is 4.05. The lowest BCUT2D eigenvalue weighted by Gasteiger charge is -2.19. The molecule has 0 spiro atoms. The molecule has 0 aliphatic rings. The van der Waals surface area contributed by atoms with Crippen LogP contribution in [0.1, 0.15) is 72.1 Å². The summed E-state index contributed by atoms with van der Waals surface area (Å²) in [4.78, 5) is 22.6. The molecular formula is C22H39O7P.